The van der Waals surface area contributed by atoms with E-state index >= 15 is 0 Å². The van der Waals surface area contributed by atoms with Gasteiger partial charge in [0.25, 0.3) is 0 Å². The molecular weight excluding hydrogens is 1140 g/mol. The average molecular weight is 1230 g/mol. The highest BCUT2D eigenvalue weighted by atomic mass is 32.2. The summed E-state index contributed by atoms with van der Waals surface area (Å²) in [7, 11) is 0. The summed E-state index contributed by atoms with van der Waals surface area (Å²) < 4.78 is 0. The molecule has 0 amide bonds. The number of hydrogen-bond acceptors (Lipinski definition) is 14. The van der Waals surface area contributed by atoms with Gasteiger partial charge in [0, 0.05) is 0 Å². The molecule has 0 unspecified atom stereocenters. The zero-order valence-electron chi connectivity index (χ0n) is 47.9. The van der Waals surface area contributed by atoms with Crippen molar-refractivity contribution in [3.8, 4) is 0 Å². The van der Waals surface area contributed by atoms with Gasteiger partial charge >= 0.3 is 0 Å². The van der Waals surface area contributed by atoms with Crippen LogP contribution in [-0.4, -0.2) is 85.9 Å². The first kappa shape index (κ1) is 67.8. The molecule has 2 aliphatic rings. The highest BCUT2D eigenvalue weighted by Gasteiger charge is 2.29. The number of rotatable bonds is 48. The second-order valence-corrected chi connectivity index (χ2v) is 28.1. The number of aromatic amines is 2. The highest BCUT2D eigenvalue weighted by molar-refractivity contribution is 8.14. The summed E-state index contributed by atoms with van der Waals surface area (Å²) in [5, 5.41) is 0. The molecule has 0 aliphatic carbocycles. The maximum absolute atomic E-state index is 5.74. The van der Waals surface area contributed by atoms with E-state index in [1.165, 1.54) is 0 Å². The van der Waals surface area contributed by atoms with Crippen LogP contribution < -0.4 is 0 Å². The first-order valence-corrected chi connectivity index (χ1v) is 37.0. The largest absolute Gasteiger partial charge is 0.323 e. The number of fused-ring (bicyclic) bond motifs is 8. The van der Waals surface area contributed by atoms with Gasteiger partial charge in [-0.3, -0.25) is 0 Å². The number of allylic oxidation sites excluding steroid dienone is 8. The predicted molar refractivity (Wildman–Crippen MR) is 371 cm³/mol. The molecule has 5 rings (SSSR count). The Bertz CT molecular complexity index is 2510. The Kier molecular flexibility index (Phi) is 35.6. The van der Waals surface area contributed by atoms with Crippen LogP contribution in [0, 0.1) is 0 Å². The van der Waals surface area contributed by atoms with Gasteiger partial charge in [-0.2, -0.15) is 0 Å². The molecule has 0 saturated heterocycles. The summed E-state index contributed by atoms with van der Waals surface area (Å²) in [4.78, 5) is 50.4. The van der Waals surface area contributed by atoms with E-state index in [-0.39, 0.29) is 0 Å². The van der Waals surface area contributed by atoms with Gasteiger partial charge in [-0.15, -0.1) is 147 Å². The van der Waals surface area contributed by atoms with Crippen LogP contribution in [0.2, 0.25) is 0 Å². The summed E-state index contributed by atoms with van der Waals surface area (Å²) in [6.45, 7) is 32.2. The van der Waals surface area contributed by atoms with E-state index < -0.39 is 0 Å². The molecule has 0 saturated carbocycles. The van der Waals surface area contributed by atoms with Crippen molar-refractivity contribution in [2.75, 3.05) is 46.0 Å². The molecule has 0 atom stereocenters. The van der Waals surface area contributed by atoms with Gasteiger partial charge in [-0.25, -0.2) is 29.9 Å². The van der Waals surface area contributed by atoms with Crippen molar-refractivity contribution < 1.29 is 0 Å². The standard InChI is InChI=1S/C64H90N8S8/c1-9-17-25-33-41-73-49-50(74-42-34-26-18-10-2)58-65-57(49)69-59-51(75-43-35-27-19-11-3)52(76-44-36-28-20-12-4)61(66-59)71-63-55(79-47-39-31-23-15-7)56(80-48-40-32-24-16-8)64(68-63)72-62-54(78-46-38-30-22-14-6)53(60(67-62)70-58)77-45-37-29-21-13-5/h9-16H,1-8,17-48H2,(H2,65,66,67,68,69,70,71,72). The second-order valence-electron chi connectivity index (χ2n) is 19.3. The van der Waals surface area contributed by atoms with Crippen molar-refractivity contribution in [3.05, 3.63) is 125 Å². The molecule has 8 bridgehead atoms. The monoisotopic (exact) mass is 1230 g/mol. The summed E-state index contributed by atoms with van der Waals surface area (Å²) in [6.07, 6.45) is 41.3. The number of thioether (sulfide) groups is 8. The lowest BCUT2D eigenvalue weighted by Crippen LogP contribution is -1.93. The smallest absolute Gasteiger partial charge is 0.171 e. The zero-order chi connectivity index (χ0) is 56.8. The number of hydrogen-bond donors (Lipinski definition) is 2. The molecule has 3 aromatic heterocycles. The molecule has 0 radical (unpaired) electrons. The van der Waals surface area contributed by atoms with E-state index in [0.717, 1.165) is 262 Å². The van der Waals surface area contributed by atoms with Crippen molar-refractivity contribution in [1.29, 1.82) is 0 Å². The Balaban J connectivity index is 1.96. The van der Waals surface area contributed by atoms with Crippen LogP contribution in [0.4, 0.5) is 0 Å². The molecule has 0 spiro atoms. The van der Waals surface area contributed by atoms with Gasteiger partial charge in [-0.05, 0) is 200 Å². The minimum atomic E-state index is 0.679. The lowest BCUT2D eigenvalue weighted by atomic mass is 10.2. The number of nitrogens with zero attached hydrogens (tertiary/aromatic N) is 6. The van der Waals surface area contributed by atoms with Crippen LogP contribution in [0.25, 0.3) is 42.2 Å². The quantitative estimate of drug-likeness (QED) is 0.0318. The van der Waals surface area contributed by atoms with Crippen LogP contribution in [0.5, 0.6) is 0 Å². The summed E-state index contributed by atoms with van der Waals surface area (Å²) >= 11 is 15.0. The Morgan fingerprint density at radius 1 is 0.237 bits per heavy atom. The second kappa shape index (κ2) is 41.9. The fraction of sp³-hybridized carbons (Fsp3) is 0.500. The first-order valence-electron chi connectivity index (χ1n) is 29.2. The van der Waals surface area contributed by atoms with Crippen molar-refractivity contribution in [2.24, 2.45) is 0 Å². The fourth-order valence-electron chi connectivity index (χ4n) is 8.31. The maximum Gasteiger partial charge on any atom is 0.171 e. The number of aromatic nitrogens is 8. The van der Waals surface area contributed by atoms with E-state index in [4.69, 9.17) is 29.9 Å². The Morgan fingerprint density at radius 3 is 0.637 bits per heavy atom. The molecule has 0 aromatic carbocycles. The molecule has 80 heavy (non-hydrogen) atoms. The third-order valence-electron chi connectivity index (χ3n) is 12.7. The van der Waals surface area contributed by atoms with Crippen molar-refractivity contribution in [3.63, 3.8) is 0 Å². The Labute approximate surface area is 516 Å². The van der Waals surface area contributed by atoms with Crippen LogP contribution in [0.3, 0.4) is 0 Å². The lowest BCUT2D eigenvalue weighted by Gasteiger charge is -2.08. The third-order valence-corrected chi connectivity index (χ3v) is 22.6. The molecule has 3 aromatic rings. The molecular formula is C64H90N8S8. The van der Waals surface area contributed by atoms with Gasteiger partial charge in [-0.1, -0.05) is 48.6 Å². The molecule has 2 N–H and O–H groups in total. The third kappa shape index (κ3) is 23.2. The molecule has 16 heteroatoms. The minimum absolute atomic E-state index is 0.679. The summed E-state index contributed by atoms with van der Waals surface area (Å²) in [5.41, 5.74) is 3.22. The Morgan fingerprint density at radius 2 is 0.425 bits per heavy atom. The molecule has 2 aliphatic heterocycles. The number of nitrogens with one attached hydrogen (secondary N) is 2. The van der Waals surface area contributed by atoms with Crippen molar-refractivity contribution >= 4 is 136 Å². The van der Waals surface area contributed by atoms with Gasteiger partial charge in [0.15, 0.2) is 23.3 Å². The minimum Gasteiger partial charge on any atom is -0.323 e. The van der Waals surface area contributed by atoms with Crippen LogP contribution in [0.1, 0.15) is 177 Å². The van der Waals surface area contributed by atoms with Gasteiger partial charge in [0.1, 0.15) is 22.6 Å². The van der Waals surface area contributed by atoms with Crippen LogP contribution in [0.15, 0.2) is 121 Å². The van der Waals surface area contributed by atoms with Crippen molar-refractivity contribution in [2.45, 2.75) is 174 Å². The van der Waals surface area contributed by atoms with E-state index in [1.807, 2.05) is 143 Å². The zero-order valence-corrected chi connectivity index (χ0v) is 54.4. The van der Waals surface area contributed by atoms with Gasteiger partial charge < -0.3 is 9.97 Å². The molecule has 5 heterocycles. The topological polar surface area (TPSA) is 109 Å². The summed E-state index contributed by atoms with van der Waals surface area (Å²) in [6, 6.07) is 0. The molecule has 434 valence electrons. The van der Waals surface area contributed by atoms with Gasteiger partial charge in [0.2, 0.25) is 0 Å². The molecule has 0 fully saturated rings. The van der Waals surface area contributed by atoms with E-state index in [0.29, 0.717) is 23.3 Å². The molecule has 8 nitrogen and oxygen atoms in total. The highest BCUT2D eigenvalue weighted by Crippen LogP contribution is 2.48. The predicted octanol–water partition coefficient (Wildman–Crippen LogP) is 21.7. The Hall–Kier alpha value is -2.96. The maximum atomic E-state index is 5.74. The number of unbranched alkanes of at least 4 members (excludes halogenated alkanes) is 16. The number of H-pyrrole nitrogens is 2. The van der Waals surface area contributed by atoms with E-state index in [2.05, 4.69) is 62.6 Å². The van der Waals surface area contributed by atoms with E-state index in [1.54, 1.807) is 0 Å². The van der Waals surface area contributed by atoms with Crippen LogP contribution in [-0.2, 0) is 0 Å². The van der Waals surface area contributed by atoms with Crippen LogP contribution >= 0.6 is 94.1 Å². The summed E-state index contributed by atoms with van der Waals surface area (Å²) in [5.74, 6) is 10.3. The lowest BCUT2D eigenvalue weighted by molar-refractivity contribution is 0.823. The SMILES string of the molecule is C=CCCCCSC1=C(SCCCCC=C)c2nc1nc1nc(nc3[nH]c(nc4[nH]c(n2)c(SCCCCC=C)c4SCCCCC=C)c(SCCCCC=C)c3SCCCCC=C)C(SCCCCC=C)=C1SCCCCC=C. The van der Waals surface area contributed by atoms with Gasteiger partial charge in [0.05, 0.1) is 39.2 Å². The van der Waals surface area contributed by atoms with Crippen molar-refractivity contribution in [1.82, 2.24) is 39.9 Å². The van der Waals surface area contributed by atoms with E-state index in [9.17, 15) is 0 Å². The fourth-order valence-corrected chi connectivity index (χ4v) is 17.8. The average Bonchev–Trinajstić information content (AvgIpc) is 4.22. The first-order chi connectivity index (χ1) is 39.5. The normalized spacial score (nSPS) is 12.3.